The second-order valence-corrected chi connectivity index (χ2v) is 5.96. The highest BCUT2D eigenvalue weighted by Gasteiger charge is 2.35. The highest BCUT2D eigenvalue weighted by Crippen LogP contribution is 2.25. The SMILES string of the molecule is CC(C)n1cc(Br)cc1C(=O)N1CCCC1C(=O)O. The van der Waals surface area contributed by atoms with Gasteiger partial charge < -0.3 is 14.6 Å². The Kier molecular flexibility index (Phi) is 3.99. The predicted molar refractivity (Wildman–Crippen MR) is 74.2 cm³/mol. The molecule has 6 heteroatoms. The lowest BCUT2D eigenvalue weighted by Crippen LogP contribution is -2.41. The number of amides is 1. The van der Waals surface area contributed by atoms with E-state index < -0.39 is 12.0 Å². The Hall–Kier alpha value is -1.30. The van der Waals surface area contributed by atoms with Crippen molar-refractivity contribution in [1.29, 1.82) is 0 Å². The molecule has 1 N–H and O–H groups in total. The number of carbonyl (C=O) groups excluding carboxylic acids is 1. The minimum Gasteiger partial charge on any atom is -0.480 e. The van der Waals surface area contributed by atoms with Gasteiger partial charge in [-0.05, 0) is 48.7 Å². The minimum atomic E-state index is -0.924. The Labute approximate surface area is 120 Å². The van der Waals surface area contributed by atoms with Crippen LogP contribution < -0.4 is 0 Å². The number of carboxylic acid groups (broad SMARTS) is 1. The molecule has 1 atom stereocenters. The second-order valence-electron chi connectivity index (χ2n) is 5.04. The lowest BCUT2D eigenvalue weighted by atomic mass is 10.2. The fourth-order valence-corrected chi connectivity index (χ4v) is 2.90. The minimum absolute atomic E-state index is 0.149. The van der Waals surface area contributed by atoms with Crippen LogP contribution in [0.3, 0.4) is 0 Å². The largest absolute Gasteiger partial charge is 0.480 e. The van der Waals surface area contributed by atoms with Gasteiger partial charge in [0, 0.05) is 23.3 Å². The van der Waals surface area contributed by atoms with E-state index in [0.717, 1.165) is 10.9 Å². The van der Waals surface area contributed by atoms with Gasteiger partial charge in [0.05, 0.1) is 0 Å². The van der Waals surface area contributed by atoms with Crippen LogP contribution in [-0.2, 0) is 4.79 Å². The van der Waals surface area contributed by atoms with E-state index >= 15 is 0 Å². The Balaban J connectivity index is 2.31. The van der Waals surface area contributed by atoms with Crippen LogP contribution in [0.4, 0.5) is 0 Å². The number of hydrogen-bond acceptors (Lipinski definition) is 2. The third-order valence-corrected chi connectivity index (χ3v) is 3.82. The Morgan fingerprint density at radius 3 is 2.74 bits per heavy atom. The van der Waals surface area contributed by atoms with Crippen molar-refractivity contribution in [2.45, 2.75) is 38.8 Å². The highest BCUT2D eigenvalue weighted by atomic mass is 79.9. The summed E-state index contributed by atoms with van der Waals surface area (Å²) >= 11 is 3.36. The van der Waals surface area contributed by atoms with Gasteiger partial charge in [0.2, 0.25) is 0 Å². The van der Waals surface area contributed by atoms with E-state index in [1.165, 1.54) is 4.90 Å². The summed E-state index contributed by atoms with van der Waals surface area (Å²) in [7, 11) is 0. The number of carboxylic acids is 1. The standard InChI is InChI=1S/C13H17BrN2O3/c1-8(2)16-7-9(14)6-11(16)12(17)15-5-3-4-10(15)13(18)19/h6-8,10H,3-5H2,1-2H3,(H,18,19). The summed E-state index contributed by atoms with van der Waals surface area (Å²) in [6, 6.07) is 1.21. The molecule has 1 aromatic heterocycles. The van der Waals surface area contributed by atoms with Gasteiger partial charge in [-0.3, -0.25) is 4.79 Å². The van der Waals surface area contributed by atoms with Crippen molar-refractivity contribution in [2.24, 2.45) is 0 Å². The number of rotatable bonds is 3. The first-order chi connectivity index (χ1) is 8.91. The number of carbonyl (C=O) groups is 2. The van der Waals surface area contributed by atoms with Gasteiger partial charge in [-0.15, -0.1) is 0 Å². The molecule has 1 saturated heterocycles. The van der Waals surface area contributed by atoms with E-state index in [1.54, 1.807) is 6.07 Å². The Morgan fingerprint density at radius 1 is 1.47 bits per heavy atom. The van der Waals surface area contributed by atoms with Crippen molar-refractivity contribution >= 4 is 27.8 Å². The van der Waals surface area contributed by atoms with Crippen LogP contribution in [0.15, 0.2) is 16.7 Å². The molecule has 2 rings (SSSR count). The molecule has 0 aromatic carbocycles. The third kappa shape index (κ3) is 2.68. The number of aromatic nitrogens is 1. The Bertz CT molecular complexity index is 510. The molecule has 0 radical (unpaired) electrons. The Morgan fingerprint density at radius 2 is 2.16 bits per heavy atom. The van der Waals surface area contributed by atoms with E-state index in [9.17, 15) is 9.59 Å². The first-order valence-electron chi connectivity index (χ1n) is 6.33. The molecule has 0 spiro atoms. The summed E-state index contributed by atoms with van der Waals surface area (Å²) in [5.41, 5.74) is 0.537. The maximum Gasteiger partial charge on any atom is 0.326 e. The molecule has 104 valence electrons. The number of hydrogen-bond donors (Lipinski definition) is 1. The summed E-state index contributed by atoms with van der Waals surface area (Å²) < 4.78 is 2.69. The zero-order chi connectivity index (χ0) is 14.2. The summed E-state index contributed by atoms with van der Waals surface area (Å²) in [5.74, 6) is -1.13. The lowest BCUT2D eigenvalue weighted by molar-refractivity contribution is -0.141. The summed E-state index contributed by atoms with van der Waals surface area (Å²) in [4.78, 5) is 25.1. The van der Waals surface area contributed by atoms with Crippen molar-refractivity contribution in [3.8, 4) is 0 Å². The van der Waals surface area contributed by atoms with Crippen LogP contribution in [0, 0.1) is 0 Å². The average molecular weight is 329 g/mol. The molecule has 1 aromatic rings. The average Bonchev–Trinajstić information content (AvgIpc) is 2.93. The van der Waals surface area contributed by atoms with Gasteiger partial charge in [-0.1, -0.05) is 0 Å². The fraction of sp³-hybridized carbons (Fsp3) is 0.538. The first-order valence-corrected chi connectivity index (χ1v) is 7.12. The zero-order valence-electron chi connectivity index (χ0n) is 11.0. The van der Waals surface area contributed by atoms with Crippen LogP contribution in [-0.4, -0.2) is 39.0 Å². The predicted octanol–water partition coefficient (Wildman–Crippen LogP) is 2.52. The molecule has 1 aliphatic rings. The van der Waals surface area contributed by atoms with Gasteiger partial charge in [0.25, 0.3) is 5.91 Å². The molecule has 19 heavy (non-hydrogen) atoms. The summed E-state index contributed by atoms with van der Waals surface area (Å²) in [5, 5.41) is 9.15. The maximum absolute atomic E-state index is 12.5. The molecule has 0 bridgehead atoms. The molecule has 0 saturated carbocycles. The van der Waals surface area contributed by atoms with Crippen molar-refractivity contribution in [3.05, 3.63) is 22.4 Å². The number of nitrogens with zero attached hydrogens (tertiary/aromatic N) is 2. The lowest BCUT2D eigenvalue weighted by Gasteiger charge is -2.23. The van der Waals surface area contributed by atoms with Crippen LogP contribution >= 0.6 is 15.9 Å². The van der Waals surface area contributed by atoms with Crippen LogP contribution in [0.5, 0.6) is 0 Å². The van der Waals surface area contributed by atoms with Gasteiger partial charge in [-0.2, -0.15) is 0 Å². The van der Waals surface area contributed by atoms with Crippen LogP contribution in [0.2, 0.25) is 0 Å². The third-order valence-electron chi connectivity index (χ3n) is 3.39. The number of likely N-dealkylation sites (tertiary alicyclic amines) is 1. The topological polar surface area (TPSA) is 62.5 Å². The molecular weight excluding hydrogens is 312 g/mol. The second kappa shape index (κ2) is 5.36. The first kappa shape index (κ1) is 14.1. The highest BCUT2D eigenvalue weighted by molar-refractivity contribution is 9.10. The van der Waals surface area contributed by atoms with E-state index in [-0.39, 0.29) is 11.9 Å². The van der Waals surface area contributed by atoms with Crippen LogP contribution in [0.25, 0.3) is 0 Å². The van der Waals surface area contributed by atoms with Gasteiger partial charge in [0.1, 0.15) is 11.7 Å². The number of aliphatic carboxylic acids is 1. The summed E-state index contributed by atoms with van der Waals surface area (Å²) in [6.07, 6.45) is 3.13. The molecule has 1 amide bonds. The summed E-state index contributed by atoms with van der Waals surface area (Å²) in [6.45, 7) is 4.49. The van der Waals surface area contributed by atoms with E-state index in [1.807, 2.05) is 24.6 Å². The van der Waals surface area contributed by atoms with Crippen molar-refractivity contribution in [2.75, 3.05) is 6.54 Å². The molecule has 5 nitrogen and oxygen atoms in total. The zero-order valence-corrected chi connectivity index (χ0v) is 12.6. The van der Waals surface area contributed by atoms with Crippen molar-refractivity contribution < 1.29 is 14.7 Å². The molecule has 2 heterocycles. The number of halogens is 1. The van der Waals surface area contributed by atoms with E-state index in [2.05, 4.69) is 15.9 Å². The molecule has 1 unspecified atom stereocenters. The molecule has 1 fully saturated rings. The maximum atomic E-state index is 12.5. The molecule has 1 aliphatic heterocycles. The van der Waals surface area contributed by atoms with E-state index in [0.29, 0.717) is 18.7 Å². The smallest absolute Gasteiger partial charge is 0.326 e. The van der Waals surface area contributed by atoms with Crippen molar-refractivity contribution in [3.63, 3.8) is 0 Å². The molecular formula is C13H17BrN2O3. The van der Waals surface area contributed by atoms with Gasteiger partial charge in [-0.25, -0.2) is 4.79 Å². The normalized spacial score (nSPS) is 19.2. The monoisotopic (exact) mass is 328 g/mol. The van der Waals surface area contributed by atoms with Gasteiger partial charge in [0.15, 0.2) is 0 Å². The van der Waals surface area contributed by atoms with Crippen LogP contribution in [0.1, 0.15) is 43.2 Å². The van der Waals surface area contributed by atoms with Gasteiger partial charge >= 0.3 is 5.97 Å². The quantitative estimate of drug-likeness (QED) is 0.927. The fourth-order valence-electron chi connectivity index (χ4n) is 2.46. The van der Waals surface area contributed by atoms with E-state index in [4.69, 9.17) is 5.11 Å². The molecule has 0 aliphatic carbocycles. The van der Waals surface area contributed by atoms with Crippen molar-refractivity contribution in [1.82, 2.24) is 9.47 Å².